The first kappa shape index (κ1) is 15.2. The molecule has 1 aliphatic rings. The standard InChI is InChI=1S/C13H12Br2N2O3/c1-7-8(14)2-3-9(12(7)15)16-10-6-11(19)17(4-5-18)13(10)20/h2-3,6,16,18H,4-5H2,1H3. The maximum Gasteiger partial charge on any atom is 0.277 e. The van der Waals surface area contributed by atoms with Crippen LogP contribution >= 0.6 is 31.9 Å². The SMILES string of the molecule is Cc1c(Br)ccc(NC2=CC(=O)N(CCO)C2=O)c1Br. The Bertz CT molecular complexity index is 614. The number of aliphatic hydroxyl groups is 1. The largest absolute Gasteiger partial charge is 0.395 e. The van der Waals surface area contributed by atoms with Gasteiger partial charge in [-0.1, -0.05) is 15.9 Å². The molecule has 0 fully saturated rings. The van der Waals surface area contributed by atoms with Gasteiger partial charge in [0.2, 0.25) is 0 Å². The molecule has 0 saturated heterocycles. The lowest BCUT2D eigenvalue weighted by molar-refractivity contribution is -0.137. The van der Waals surface area contributed by atoms with Gasteiger partial charge in [-0.2, -0.15) is 0 Å². The molecule has 1 aliphatic heterocycles. The molecule has 0 aromatic heterocycles. The zero-order chi connectivity index (χ0) is 14.9. The Kier molecular flexibility index (Phi) is 4.62. The normalized spacial score (nSPS) is 14.8. The van der Waals surface area contributed by atoms with E-state index in [9.17, 15) is 9.59 Å². The fourth-order valence-corrected chi connectivity index (χ4v) is 2.85. The highest BCUT2D eigenvalue weighted by Gasteiger charge is 2.30. The van der Waals surface area contributed by atoms with Gasteiger partial charge in [-0.05, 0) is 40.5 Å². The summed E-state index contributed by atoms with van der Waals surface area (Å²) in [4.78, 5) is 24.7. The third-order valence-electron chi connectivity index (χ3n) is 2.92. The van der Waals surface area contributed by atoms with E-state index in [0.717, 1.165) is 19.4 Å². The molecule has 1 aromatic rings. The molecule has 0 unspecified atom stereocenters. The molecule has 5 nitrogen and oxygen atoms in total. The van der Waals surface area contributed by atoms with E-state index in [1.807, 2.05) is 13.0 Å². The zero-order valence-electron chi connectivity index (χ0n) is 10.6. The van der Waals surface area contributed by atoms with Crippen molar-refractivity contribution in [3.8, 4) is 0 Å². The van der Waals surface area contributed by atoms with Gasteiger partial charge >= 0.3 is 0 Å². The third kappa shape index (κ3) is 2.79. The fraction of sp³-hybridized carbons (Fsp3) is 0.231. The summed E-state index contributed by atoms with van der Waals surface area (Å²) < 4.78 is 1.76. The molecule has 1 heterocycles. The Morgan fingerprint density at radius 1 is 1.30 bits per heavy atom. The molecule has 0 saturated carbocycles. The summed E-state index contributed by atoms with van der Waals surface area (Å²) in [5, 5.41) is 11.8. The summed E-state index contributed by atoms with van der Waals surface area (Å²) >= 11 is 6.86. The first-order valence-corrected chi connectivity index (χ1v) is 7.44. The average molecular weight is 404 g/mol. The maximum atomic E-state index is 12.0. The molecule has 2 N–H and O–H groups in total. The van der Waals surface area contributed by atoms with E-state index in [-0.39, 0.29) is 18.8 Å². The van der Waals surface area contributed by atoms with Crippen LogP contribution in [0.3, 0.4) is 0 Å². The second-order valence-corrected chi connectivity index (χ2v) is 5.88. The summed E-state index contributed by atoms with van der Waals surface area (Å²) in [5.74, 6) is -0.854. The number of imide groups is 1. The molecule has 106 valence electrons. The number of hydrogen-bond acceptors (Lipinski definition) is 4. The molecule has 0 radical (unpaired) electrons. The molecule has 0 atom stereocenters. The van der Waals surface area contributed by atoms with Crippen molar-refractivity contribution in [3.05, 3.63) is 38.4 Å². The van der Waals surface area contributed by atoms with E-state index in [4.69, 9.17) is 5.11 Å². The van der Waals surface area contributed by atoms with Crippen LogP contribution in [0.5, 0.6) is 0 Å². The van der Waals surface area contributed by atoms with E-state index in [1.165, 1.54) is 6.08 Å². The Morgan fingerprint density at radius 3 is 2.65 bits per heavy atom. The summed E-state index contributed by atoms with van der Waals surface area (Å²) in [6, 6.07) is 3.66. The Labute approximate surface area is 132 Å². The van der Waals surface area contributed by atoms with Gasteiger partial charge in [0, 0.05) is 15.0 Å². The van der Waals surface area contributed by atoms with Crippen LogP contribution in [0.25, 0.3) is 0 Å². The lowest BCUT2D eigenvalue weighted by atomic mass is 10.2. The number of nitrogens with one attached hydrogen (secondary N) is 1. The number of anilines is 1. The summed E-state index contributed by atoms with van der Waals surface area (Å²) in [6.07, 6.45) is 1.24. The average Bonchev–Trinajstić information content (AvgIpc) is 2.67. The number of amides is 2. The third-order valence-corrected chi connectivity index (χ3v) is 4.80. The highest BCUT2D eigenvalue weighted by Crippen LogP contribution is 2.32. The van der Waals surface area contributed by atoms with Crippen molar-refractivity contribution < 1.29 is 14.7 Å². The summed E-state index contributed by atoms with van der Waals surface area (Å²) in [7, 11) is 0. The summed E-state index contributed by atoms with van der Waals surface area (Å²) in [6.45, 7) is 1.67. The molecular formula is C13H12Br2N2O3. The van der Waals surface area contributed by atoms with Gasteiger partial charge in [-0.3, -0.25) is 14.5 Å². The van der Waals surface area contributed by atoms with Crippen LogP contribution in [-0.2, 0) is 9.59 Å². The molecule has 2 rings (SSSR count). The minimum Gasteiger partial charge on any atom is -0.395 e. The smallest absolute Gasteiger partial charge is 0.277 e. The van der Waals surface area contributed by atoms with Crippen molar-refractivity contribution in [2.75, 3.05) is 18.5 Å². The number of aliphatic hydroxyl groups excluding tert-OH is 1. The number of carbonyl (C=O) groups excluding carboxylic acids is 2. The lowest BCUT2D eigenvalue weighted by Gasteiger charge is -2.14. The van der Waals surface area contributed by atoms with Gasteiger partial charge in [-0.25, -0.2) is 0 Å². The number of nitrogens with zero attached hydrogens (tertiary/aromatic N) is 1. The second kappa shape index (κ2) is 6.07. The zero-order valence-corrected chi connectivity index (χ0v) is 13.8. The molecule has 1 aromatic carbocycles. The number of halogens is 2. The van der Waals surface area contributed by atoms with Crippen molar-refractivity contribution in [1.82, 2.24) is 4.90 Å². The number of hydrogen-bond donors (Lipinski definition) is 2. The van der Waals surface area contributed by atoms with Crippen molar-refractivity contribution in [2.45, 2.75) is 6.92 Å². The molecule has 0 aliphatic carbocycles. The number of benzene rings is 1. The maximum absolute atomic E-state index is 12.0. The monoisotopic (exact) mass is 402 g/mol. The van der Waals surface area contributed by atoms with Gasteiger partial charge in [0.25, 0.3) is 11.8 Å². The molecule has 0 spiro atoms. The molecule has 2 amide bonds. The predicted molar refractivity (Wildman–Crippen MR) is 82.1 cm³/mol. The van der Waals surface area contributed by atoms with Crippen LogP contribution in [0.2, 0.25) is 0 Å². The molecule has 20 heavy (non-hydrogen) atoms. The Balaban J connectivity index is 2.24. The molecule has 7 heteroatoms. The van der Waals surface area contributed by atoms with E-state index in [2.05, 4.69) is 37.2 Å². The number of carbonyl (C=O) groups is 2. The van der Waals surface area contributed by atoms with E-state index < -0.39 is 11.8 Å². The van der Waals surface area contributed by atoms with Crippen LogP contribution in [-0.4, -0.2) is 35.0 Å². The first-order valence-electron chi connectivity index (χ1n) is 5.85. The number of rotatable bonds is 4. The first-order chi connectivity index (χ1) is 9.45. The van der Waals surface area contributed by atoms with Crippen molar-refractivity contribution >= 4 is 49.4 Å². The summed E-state index contributed by atoms with van der Waals surface area (Å²) in [5.41, 5.74) is 1.88. The van der Waals surface area contributed by atoms with Crippen LogP contribution in [0.1, 0.15) is 5.56 Å². The topological polar surface area (TPSA) is 69.6 Å². The minimum atomic E-state index is -0.434. The van der Waals surface area contributed by atoms with Gasteiger partial charge in [0.1, 0.15) is 5.70 Å². The highest BCUT2D eigenvalue weighted by atomic mass is 79.9. The van der Waals surface area contributed by atoms with Gasteiger partial charge in [0.05, 0.1) is 18.8 Å². The van der Waals surface area contributed by atoms with Crippen LogP contribution < -0.4 is 5.32 Å². The van der Waals surface area contributed by atoms with Gasteiger partial charge < -0.3 is 10.4 Å². The van der Waals surface area contributed by atoms with Crippen LogP contribution in [0, 0.1) is 6.92 Å². The number of β-amino-alcohol motifs (C(OH)–C–C–N with tert-alkyl or cyclic N) is 1. The van der Waals surface area contributed by atoms with Crippen LogP contribution in [0.15, 0.2) is 32.9 Å². The highest BCUT2D eigenvalue weighted by molar-refractivity contribution is 9.11. The quantitative estimate of drug-likeness (QED) is 0.756. The Hall–Kier alpha value is -1.18. The molecular weight excluding hydrogens is 392 g/mol. The van der Waals surface area contributed by atoms with Crippen molar-refractivity contribution in [1.29, 1.82) is 0 Å². The Morgan fingerprint density at radius 2 is 2.00 bits per heavy atom. The van der Waals surface area contributed by atoms with Gasteiger partial charge in [-0.15, -0.1) is 0 Å². The van der Waals surface area contributed by atoms with Crippen molar-refractivity contribution in [3.63, 3.8) is 0 Å². The van der Waals surface area contributed by atoms with E-state index in [0.29, 0.717) is 5.69 Å². The van der Waals surface area contributed by atoms with E-state index in [1.54, 1.807) is 6.07 Å². The lowest BCUT2D eigenvalue weighted by Crippen LogP contribution is -2.34. The van der Waals surface area contributed by atoms with Crippen LogP contribution in [0.4, 0.5) is 5.69 Å². The minimum absolute atomic E-state index is 0.000117. The van der Waals surface area contributed by atoms with Gasteiger partial charge in [0.15, 0.2) is 0 Å². The second-order valence-electron chi connectivity index (χ2n) is 4.24. The van der Waals surface area contributed by atoms with E-state index >= 15 is 0 Å². The molecule has 0 bridgehead atoms. The van der Waals surface area contributed by atoms with Crippen molar-refractivity contribution in [2.24, 2.45) is 0 Å². The predicted octanol–water partition coefficient (Wildman–Crippen LogP) is 2.18. The fourth-order valence-electron chi connectivity index (χ4n) is 1.81.